The van der Waals surface area contributed by atoms with Gasteiger partial charge in [0.25, 0.3) is 0 Å². The van der Waals surface area contributed by atoms with Crippen molar-refractivity contribution < 1.29 is 14.9 Å². The summed E-state index contributed by atoms with van der Waals surface area (Å²) in [4.78, 5) is 0. The SMILES string of the molecule is COc1cc(Br)c(CC(C)O)cc1O. The highest BCUT2D eigenvalue weighted by Crippen LogP contribution is 2.32. The fourth-order valence-electron chi connectivity index (χ4n) is 1.23. The number of ether oxygens (including phenoxy) is 1. The lowest BCUT2D eigenvalue weighted by Crippen LogP contribution is -2.04. The monoisotopic (exact) mass is 260 g/mol. The third kappa shape index (κ3) is 2.62. The van der Waals surface area contributed by atoms with Gasteiger partial charge in [0, 0.05) is 4.47 Å². The molecule has 0 radical (unpaired) electrons. The molecule has 0 spiro atoms. The van der Waals surface area contributed by atoms with Gasteiger partial charge in [-0.15, -0.1) is 0 Å². The second kappa shape index (κ2) is 4.66. The van der Waals surface area contributed by atoms with Crippen molar-refractivity contribution in [1.82, 2.24) is 0 Å². The Balaban J connectivity index is 3.02. The molecule has 3 nitrogen and oxygen atoms in total. The number of phenolic OH excluding ortho intramolecular Hbond substituents is 1. The quantitative estimate of drug-likeness (QED) is 0.875. The van der Waals surface area contributed by atoms with Gasteiger partial charge >= 0.3 is 0 Å². The molecule has 1 aromatic carbocycles. The number of aliphatic hydroxyl groups is 1. The first-order valence-electron chi connectivity index (χ1n) is 4.28. The van der Waals surface area contributed by atoms with Gasteiger partial charge in [-0.3, -0.25) is 0 Å². The lowest BCUT2D eigenvalue weighted by molar-refractivity contribution is 0.195. The first kappa shape index (κ1) is 11.3. The summed E-state index contributed by atoms with van der Waals surface area (Å²) in [5.41, 5.74) is 0.860. The van der Waals surface area contributed by atoms with Crippen LogP contribution in [0.4, 0.5) is 0 Å². The van der Waals surface area contributed by atoms with Gasteiger partial charge in [-0.25, -0.2) is 0 Å². The zero-order valence-electron chi connectivity index (χ0n) is 8.12. The number of hydrogen-bond donors (Lipinski definition) is 2. The highest BCUT2D eigenvalue weighted by Gasteiger charge is 2.09. The van der Waals surface area contributed by atoms with Crippen LogP contribution < -0.4 is 4.74 Å². The molecule has 1 aromatic rings. The molecule has 0 aliphatic carbocycles. The molecule has 1 unspecified atom stereocenters. The van der Waals surface area contributed by atoms with Crippen molar-refractivity contribution in [2.24, 2.45) is 0 Å². The van der Waals surface area contributed by atoms with E-state index in [1.54, 1.807) is 19.1 Å². The highest BCUT2D eigenvalue weighted by atomic mass is 79.9. The average molecular weight is 261 g/mol. The van der Waals surface area contributed by atoms with E-state index in [4.69, 9.17) is 4.74 Å². The van der Waals surface area contributed by atoms with E-state index in [1.807, 2.05) is 0 Å². The summed E-state index contributed by atoms with van der Waals surface area (Å²) < 4.78 is 5.77. The second-order valence-electron chi connectivity index (χ2n) is 3.17. The molecule has 0 amide bonds. The van der Waals surface area contributed by atoms with Crippen LogP contribution in [0.25, 0.3) is 0 Å². The van der Waals surface area contributed by atoms with Crippen molar-refractivity contribution in [2.75, 3.05) is 7.11 Å². The number of phenols is 1. The summed E-state index contributed by atoms with van der Waals surface area (Å²) in [7, 11) is 1.50. The first-order valence-corrected chi connectivity index (χ1v) is 5.07. The Hall–Kier alpha value is -0.740. The van der Waals surface area contributed by atoms with E-state index in [0.717, 1.165) is 10.0 Å². The van der Waals surface area contributed by atoms with Crippen molar-refractivity contribution in [3.05, 3.63) is 22.2 Å². The number of aromatic hydroxyl groups is 1. The van der Waals surface area contributed by atoms with E-state index in [1.165, 1.54) is 7.11 Å². The molecular weight excluding hydrogens is 248 g/mol. The molecule has 14 heavy (non-hydrogen) atoms. The Morgan fingerprint density at radius 2 is 2.14 bits per heavy atom. The molecule has 0 aliphatic heterocycles. The van der Waals surface area contributed by atoms with E-state index in [9.17, 15) is 10.2 Å². The largest absolute Gasteiger partial charge is 0.504 e. The third-order valence-corrected chi connectivity index (χ3v) is 2.60. The van der Waals surface area contributed by atoms with Crippen LogP contribution >= 0.6 is 15.9 Å². The number of aliphatic hydroxyl groups excluding tert-OH is 1. The molecule has 0 aromatic heterocycles. The van der Waals surface area contributed by atoms with Gasteiger partial charge in [0.15, 0.2) is 11.5 Å². The van der Waals surface area contributed by atoms with Crippen LogP contribution in [0.3, 0.4) is 0 Å². The lowest BCUT2D eigenvalue weighted by Gasteiger charge is -2.10. The van der Waals surface area contributed by atoms with Crippen LogP contribution in [0.5, 0.6) is 11.5 Å². The third-order valence-electron chi connectivity index (χ3n) is 1.86. The summed E-state index contributed by atoms with van der Waals surface area (Å²) >= 11 is 3.35. The lowest BCUT2D eigenvalue weighted by atomic mass is 10.1. The average Bonchev–Trinajstić information content (AvgIpc) is 2.10. The maximum Gasteiger partial charge on any atom is 0.161 e. The molecule has 0 heterocycles. The molecular formula is C10H13BrO3. The maximum absolute atomic E-state index is 9.50. The van der Waals surface area contributed by atoms with Gasteiger partial charge < -0.3 is 14.9 Å². The molecule has 2 N–H and O–H groups in total. The van der Waals surface area contributed by atoms with Gasteiger partial charge in [-0.1, -0.05) is 15.9 Å². The van der Waals surface area contributed by atoms with E-state index < -0.39 is 6.10 Å². The van der Waals surface area contributed by atoms with E-state index >= 15 is 0 Å². The van der Waals surface area contributed by atoms with Crippen LogP contribution in [0.1, 0.15) is 12.5 Å². The summed E-state index contributed by atoms with van der Waals surface area (Å²) in [6, 6.07) is 3.28. The summed E-state index contributed by atoms with van der Waals surface area (Å²) in [5, 5.41) is 18.7. The zero-order chi connectivity index (χ0) is 10.7. The van der Waals surface area contributed by atoms with E-state index in [-0.39, 0.29) is 5.75 Å². The Morgan fingerprint density at radius 3 is 2.64 bits per heavy atom. The van der Waals surface area contributed by atoms with Gasteiger partial charge in [0.1, 0.15) is 0 Å². The number of methoxy groups -OCH3 is 1. The maximum atomic E-state index is 9.50. The summed E-state index contributed by atoms with van der Waals surface area (Å²) in [6.07, 6.45) is 0.0668. The van der Waals surface area contributed by atoms with Gasteiger partial charge in [0.2, 0.25) is 0 Å². The molecule has 78 valence electrons. The number of benzene rings is 1. The fraction of sp³-hybridized carbons (Fsp3) is 0.400. The Morgan fingerprint density at radius 1 is 1.50 bits per heavy atom. The van der Waals surface area contributed by atoms with Crippen molar-refractivity contribution >= 4 is 15.9 Å². The van der Waals surface area contributed by atoms with Gasteiger partial charge in [-0.2, -0.15) is 0 Å². The second-order valence-corrected chi connectivity index (χ2v) is 4.02. The first-order chi connectivity index (χ1) is 6.54. The van der Waals surface area contributed by atoms with Gasteiger partial charge in [-0.05, 0) is 31.0 Å². The topological polar surface area (TPSA) is 49.7 Å². The number of halogens is 1. The number of hydrogen-bond acceptors (Lipinski definition) is 3. The standard InChI is InChI=1S/C10H13BrO3/c1-6(12)3-7-4-9(13)10(14-2)5-8(7)11/h4-6,12-13H,3H2,1-2H3. The fourth-order valence-corrected chi connectivity index (χ4v) is 1.71. The molecule has 0 bridgehead atoms. The summed E-state index contributed by atoms with van der Waals surface area (Å²) in [6.45, 7) is 1.70. The minimum Gasteiger partial charge on any atom is -0.504 e. The predicted molar refractivity (Wildman–Crippen MR) is 57.7 cm³/mol. The van der Waals surface area contributed by atoms with Crippen molar-refractivity contribution in [2.45, 2.75) is 19.4 Å². The molecule has 0 fully saturated rings. The molecule has 0 aliphatic rings. The zero-order valence-corrected chi connectivity index (χ0v) is 9.71. The molecule has 0 saturated carbocycles. The summed E-state index contributed by atoms with van der Waals surface area (Å²) in [5.74, 6) is 0.512. The predicted octanol–water partition coefficient (Wildman–Crippen LogP) is 2.09. The normalized spacial score (nSPS) is 12.6. The van der Waals surface area contributed by atoms with E-state index in [0.29, 0.717) is 12.2 Å². The number of rotatable bonds is 3. The Labute approximate surface area is 91.5 Å². The van der Waals surface area contributed by atoms with Crippen molar-refractivity contribution in [3.8, 4) is 11.5 Å². The smallest absolute Gasteiger partial charge is 0.161 e. The Bertz CT molecular complexity index is 323. The van der Waals surface area contributed by atoms with Crippen LogP contribution in [-0.2, 0) is 6.42 Å². The molecule has 0 saturated heterocycles. The van der Waals surface area contributed by atoms with E-state index in [2.05, 4.69) is 15.9 Å². The van der Waals surface area contributed by atoms with Crippen molar-refractivity contribution in [1.29, 1.82) is 0 Å². The molecule has 1 atom stereocenters. The highest BCUT2D eigenvalue weighted by molar-refractivity contribution is 9.10. The molecule has 1 rings (SSSR count). The van der Waals surface area contributed by atoms with Crippen LogP contribution in [0, 0.1) is 0 Å². The minimum atomic E-state index is -0.431. The van der Waals surface area contributed by atoms with Crippen molar-refractivity contribution in [3.63, 3.8) is 0 Å². The van der Waals surface area contributed by atoms with Crippen LogP contribution in [0.2, 0.25) is 0 Å². The van der Waals surface area contributed by atoms with Crippen LogP contribution in [0.15, 0.2) is 16.6 Å². The Kier molecular flexibility index (Phi) is 3.77. The molecule has 4 heteroatoms. The minimum absolute atomic E-state index is 0.0892. The van der Waals surface area contributed by atoms with Gasteiger partial charge in [0.05, 0.1) is 13.2 Å². The van der Waals surface area contributed by atoms with Crippen LogP contribution in [-0.4, -0.2) is 23.4 Å².